The van der Waals surface area contributed by atoms with Gasteiger partial charge < -0.3 is 10.1 Å². The number of nitrogens with one attached hydrogen (secondary N) is 1. The monoisotopic (exact) mass is 324 g/mol. The number of halogens is 2. The molecule has 0 saturated carbocycles. The van der Waals surface area contributed by atoms with Crippen molar-refractivity contribution in [3.63, 3.8) is 0 Å². The van der Waals surface area contributed by atoms with Gasteiger partial charge in [-0.05, 0) is 57.0 Å². The summed E-state index contributed by atoms with van der Waals surface area (Å²) in [5.41, 5.74) is 0.494. The highest BCUT2D eigenvalue weighted by Gasteiger charge is 2.38. The predicted octanol–water partition coefficient (Wildman–Crippen LogP) is 3.09. The quantitative estimate of drug-likeness (QED) is 0.901. The van der Waals surface area contributed by atoms with Crippen molar-refractivity contribution < 1.29 is 13.5 Å². The molecule has 2 fully saturated rings. The Kier molecular flexibility index (Phi) is 5.62. The van der Waals surface area contributed by atoms with E-state index in [0.717, 1.165) is 51.8 Å². The largest absolute Gasteiger partial charge is 0.381 e. The van der Waals surface area contributed by atoms with Crippen LogP contribution in [0.15, 0.2) is 18.2 Å². The van der Waals surface area contributed by atoms with Gasteiger partial charge in [-0.1, -0.05) is 6.42 Å². The zero-order valence-corrected chi connectivity index (χ0v) is 13.6. The first kappa shape index (κ1) is 16.8. The first-order valence-electron chi connectivity index (χ1n) is 8.67. The molecule has 2 heterocycles. The van der Waals surface area contributed by atoms with Crippen LogP contribution in [0.1, 0.15) is 37.7 Å². The van der Waals surface area contributed by atoms with Gasteiger partial charge in [0.2, 0.25) is 0 Å². The van der Waals surface area contributed by atoms with E-state index < -0.39 is 0 Å². The van der Waals surface area contributed by atoms with Crippen LogP contribution in [-0.2, 0) is 11.3 Å². The van der Waals surface area contributed by atoms with Crippen LogP contribution in [0.25, 0.3) is 0 Å². The van der Waals surface area contributed by atoms with Crippen molar-refractivity contribution in [3.8, 4) is 0 Å². The molecule has 2 aliphatic heterocycles. The second-order valence-electron chi connectivity index (χ2n) is 6.72. The lowest BCUT2D eigenvalue weighted by Crippen LogP contribution is -2.59. The molecule has 128 valence electrons. The van der Waals surface area contributed by atoms with Gasteiger partial charge in [-0.15, -0.1) is 0 Å². The van der Waals surface area contributed by atoms with E-state index in [-0.39, 0.29) is 17.2 Å². The normalized spacial score (nSPS) is 22.2. The minimum absolute atomic E-state index is 0.0997. The molecular formula is C18H26F2N2O. The minimum Gasteiger partial charge on any atom is -0.381 e. The summed E-state index contributed by atoms with van der Waals surface area (Å²) in [6.07, 6.45) is 5.82. The molecule has 0 aliphatic carbocycles. The SMILES string of the molecule is Fc1ccc(F)c(CNCC2(N3CCCCC3)CCOCC2)c1. The van der Waals surface area contributed by atoms with E-state index in [1.165, 1.54) is 31.4 Å². The number of likely N-dealkylation sites (tertiary alicyclic amines) is 1. The van der Waals surface area contributed by atoms with Gasteiger partial charge in [0.15, 0.2) is 0 Å². The molecule has 3 rings (SSSR count). The van der Waals surface area contributed by atoms with Crippen molar-refractivity contribution in [2.24, 2.45) is 0 Å². The molecule has 0 radical (unpaired) electrons. The zero-order valence-electron chi connectivity index (χ0n) is 13.6. The number of benzene rings is 1. The maximum absolute atomic E-state index is 13.7. The van der Waals surface area contributed by atoms with Gasteiger partial charge in [0.1, 0.15) is 11.6 Å². The van der Waals surface area contributed by atoms with Crippen molar-refractivity contribution in [3.05, 3.63) is 35.4 Å². The van der Waals surface area contributed by atoms with Gasteiger partial charge in [-0.3, -0.25) is 4.90 Å². The Morgan fingerprint density at radius 2 is 1.83 bits per heavy atom. The summed E-state index contributed by atoms with van der Waals surface area (Å²) < 4.78 is 32.6. The topological polar surface area (TPSA) is 24.5 Å². The smallest absolute Gasteiger partial charge is 0.127 e. The van der Waals surface area contributed by atoms with Crippen LogP contribution in [-0.4, -0.2) is 43.3 Å². The van der Waals surface area contributed by atoms with E-state index in [9.17, 15) is 8.78 Å². The maximum atomic E-state index is 13.7. The fraction of sp³-hybridized carbons (Fsp3) is 0.667. The Morgan fingerprint density at radius 3 is 2.57 bits per heavy atom. The van der Waals surface area contributed by atoms with Gasteiger partial charge in [0, 0.05) is 37.4 Å². The van der Waals surface area contributed by atoms with E-state index >= 15 is 0 Å². The van der Waals surface area contributed by atoms with Gasteiger partial charge in [-0.25, -0.2) is 8.78 Å². The lowest BCUT2D eigenvalue weighted by atomic mass is 9.86. The van der Waals surface area contributed by atoms with E-state index in [2.05, 4.69) is 10.2 Å². The Balaban J connectivity index is 1.63. The lowest BCUT2D eigenvalue weighted by molar-refractivity contribution is -0.0358. The molecule has 0 unspecified atom stereocenters. The van der Waals surface area contributed by atoms with Crippen LogP contribution >= 0.6 is 0 Å². The highest BCUT2D eigenvalue weighted by Crippen LogP contribution is 2.30. The summed E-state index contributed by atoms with van der Waals surface area (Å²) in [5.74, 6) is -0.738. The van der Waals surface area contributed by atoms with E-state index in [0.29, 0.717) is 12.1 Å². The van der Waals surface area contributed by atoms with Crippen LogP contribution in [0, 0.1) is 11.6 Å². The molecule has 5 heteroatoms. The molecule has 0 spiro atoms. The summed E-state index contributed by atoms with van der Waals surface area (Å²) in [7, 11) is 0. The lowest BCUT2D eigenvalue weighted by Gasteiger charge is -2.48. The van der Waals surface area contributed by atoms with Gasteiger partial charge in [0.05, 0.1) is 0 Å². The number of hydrogen-bond acceptors (Lipinski definition) is 3. The van der Waals surface area contributed by atoms with Crippen LogP contribution in [0.3, 0.4) is 0 Å². The van der Waals surface area contributed by atoms with Crippen molar-refractivity contribution in [1.82, 2.24) is 10.2 Å². The summed E-state index contributed by atoms with van der Waals surface area (Å²) in [6, 6.07) is 3.63. The van der Waals surface area contributed by atoms with E-state index in [4.69, 9.17) is 4.74 Å². The highest BCUT2D eigenvalue weighted by molar-refractivity contribution is 5.18. The zero-order chi connectivity index (χ0) is 16.1. The van der Waals surface area contributed by atoms with Crippen LogP contribution in [0.2, 0.25) is 0 Å². The Labute approximate surface area is 137 Å². The van der Waals surface area contributed by atoms with Crippen molar-refractivity contribution in [2.45, 2.75) is 44.2 Å². The van der Waals surface area contributed by atoms with Crippen molar-refractivity contribution in [2.75, 3.05) is 32.8 Å². The molecule has 0 bridgehead atoms. The Morgan fingerprint density at radius 1 is 1.09 bits per heavy atom. The summed E-state index contributed by atoms with van der Waals surface area (Å²) in [4.78, 5) is 2.59. The van der Waals surface area contributed by atoms with Crippen molar-refractivity contribution >= 4 is 0 Å². The minimum atomic E-state index is -0.389. The van der Waals surface area contributed by atoms with E-state index in [1.807, 2.05) is 0 Å². The fourth-order valence-electron chi connectivity index (χ4n) is 3.83. The molecule has 0 aromatic heterocycles. The third-order valence-corrected chi connectivity index (χ3v) is 5.23. The third kappa shape index (κ3) is 4.08. The van der Waals surface area contributed by atoms with Gasteiger partial charge in [-0.2, -0.15) is 0 Å². The van der Waals surface area contributed by atoms with Crippen LogP contribution in [0.4, 0.5) is 8.78 Å². The number of nitrogens with zero attached hydrogens (tertiary/aromatic N) is 1. The molecule has 3 nitrogen and oxygen atoms in total. The number of hydrogen-bond donors (Lipinski definition) is 1. The number of rotatable bonds is 5. The summed E-state index contributed by atoms with van der Waals surface area (Å²) >= 11 is 0. The summed E-state index contributed by atoms with van der Waals surface area (Å²) in [6.45, 7) is 5.00. The average Bonchev–Trinajstić information content (AvgIpc) is 2.60. The fourth-order valence-corrected chi connectivity index (χ4v) is 3.83. The Hall–Kier alpha value is -1.04. The predicted molar refractivity (Wildman–Crippen MR) is 86.3 cm³/mol. The second kappa shape index (κ2) is 7.69. The molecule has 1 aromatic carbocycles. The van der Waals surface area contributed by atoms with Gasteiger partial charge in [0.25, 0.3) is 0 Å². The third-order valence-electron chi connectivity index (χ3n) is 5.23. The Bertz CT molecular complexity index is 512. The molecule has 23 heavy (non-hydrogen) atoms. The van der Waals surface area contributed by atoms with Crippen LogP contribution in [0.5, 0.6) is 0 Å². The molecule has 2 aliphatic rings. The molecule has 1 aromatic rings. The van der Waals surface area contributed by atoms with E-state index in [1.54, 1.807) is 0 Å². The number of ether oxygens (including phenoxy) is 1. The first-order chi connectivity index (χ1) is 11.2. The molecule has 0 atom stereocenters. The molecular weight excluding hydrogens is 298 g/mol. The molecule has 2 saturated heterocycles. The maximum Gasteiger partial charge on any atom is 0.127 e. The summed E-state index contributed by atoms with van der Waals surface area (Å²) in [5, 5.41) is 3.37. The second-order valence-corrected chi connectivity index (χ2v) is 6.72. The molecule has 1 N–H and O–H groups in total. The average molecular weight is 324 g/mol. The molecule has 0 amide bonds. The highest BCUT2D eigenvalue weighted by atomic mass is 19.1. The van der Waals surface area contributed by atoms with Gasteiger partial charge >= 0.3 is 0 Å². The number of piperidine rings is 1. The van der Waals surface area contributed by atoms with Crippen LogP contribution < -0.4 is 5.32 Å². The van der Waals surface area contributed by atoms with Crippen molar-refractivity contribution in [1.29, 1.82) is 0 Å². The first-order valence-corrected chi connectivity index (χ1v) is 8.67. The standard InChI is InChI=1S/C18H26F2N2O/c19-16-4-5-17(20)15(12-16)13-21-14-18(6-10-23-11-7-18)22-8-2-1-3-9-22/h4-5,12,21H,1-3,6-11,13-14H2.